The highest BCUT2D eigenvalue weighted by atomic mass is 32.1. The lowest BCUT2D eigenvalue weighted by Gasteiger charge is -2.25. The van der Waals surface area contributed by atoms with Crippen LogP contribution in [0.25, 0.3) is 0 Å². The van der Waals surface area contributed by atoms with Gasteiger partial charge in [0.15, 0.2) is 16.6 Å². The highest BCUT2D eigenvalue weighted by molar-refractivity contribution is 7.13. The number of fused-ring (bicyclic) bond motifs is 1. The van der Waals surface area contributed by atoms with Gasteiger partial charge >= 0.3 is 0 Å². The molecule has 0 bridgehead atoms. The topological polar surface area (TPSA) is 89.6 Å². The summed E-state index contributed by atoms with van der Waals surface area (Å²) in [5.41, 5.74) is 0.879. The zero-order valence-electron chi connectivity index (χ0n) is 13.8. The molecule has 132 valence electrons. The number of thiazole rings is 1. The molecule has 2 heterocycles. The van der Waals surface area contributed by atoms with Crippen molar-refractivity contribution in [2.75, 3.05) is 18.5 Å². The molecule has 1 atom stereocenters. The number of aromatic nitrogens is 1. The van der Waals surface area contributed by atoms with Crippen molar-refractivity contribution in [1.82, 2.24) is 10.3 Å². The number of amides is 2. The van der Waals surface area contributed by atoms with Crippen molar-refractivity contribution >= 4 is 28.3 Å². The summed E-state index contributed by atoms with van der Waals surface area (Å²) in [5.74, 6) is 0.841. The summed E-state index contributed by atoms with van der Waals surface area (Å²) in [6.45, 7) is 2.44. The molecule has 2 aromatic rings. The second-order valence-electron chi connectivity index (χ2n) is 5.60. The van der Waals surface area contributed by atoms with E-state index in [-0.39, 0.29) is 18.4 Å². The van der Waals surface area contributed by atoms with Crippen molar-refractivity contribution in [3.8, 4) is 11.5 Å². The Morgan fingerprint density at radius 1 is 1.32 bits per heavy atom. The number of benzene rings is 1. The molecule has 3 rings (SSSR count). The summed E-state index contributed by atoms with van der Waals surface area (Å²) in [7, 11) is 0. The average Bonchev–Trinajstić information content (AvgIpc) is 3.02. The number of nitrogens with zero attached hydrogens (tertiary/aromatic N) is 1. The van der Waals surface area contributed by atoms with Gasteiger partial charge in [0, 0.05) is 18.3 Å². The Labute approximate surface area is 149 Å². The average molecular weight is 361 g/mol. The van der Waals surface area contributed by atoms with Gasteiger partial charge in [-0.2, -0.15) is 0 Å². The molecule has 0 spiro atoms. The molecule has 0 aliphatic carbocycles. The standard InChI is InChI=1S/C17H19N3O4S/c1-11-10-25-17(19-11)20-15(21)7-4-8-18-16(22)14-9-23-12-5-2-3-6-13(12)24-14/h2-3,5-6,10,14H,4,7-9H2,1H3,(H,18,22)(H,19,20,21)/t14-/m0/s1. The van der Waals surface area contributed by atoms with E-state index in [4.69, 9.17) is 9.47 Å². The van der Waals surface area contributed by atoms with Gasteiger partial charge in [0.2, 0.25) is 12.0 Å². The lowest BCUT2D eigenvalue weighted by molar-refractivity contribution is -0.130. The number of carbonyl (C=O) groups excluding carboxylic acids is 2. The van der Waals surface area contributed by atoms with Crippen LogP contribution in [0.3, 0.4) is 0 Å². The predicted octanol–water partition coefficient (Wildman–Crippen LogP) is 2.13. The smallest absolute Gasteiger partial charge is 0.264 e. The minimum Gasteiger partial charge on any atom is -0.485 e. The molecule has 1 aromatic carbocycles. The third-order valence-electron chi connectivity index (χ3n) is 3.55. The van der Waals surface area contributed by atoms with Crippen LogP contribution in [0.15, 0.2) is 29.6 Å². The summed E-state index contributed by atoms with van der Waals surface area (Å²) in [6.07, 6.45) is 0.164. The number of para-hydroxylation sites is 2. The van der Waals surface area contributed by atoms with Crippen LogP contribution in [0.5, 0.6) is 11.5 Å². The number of nitrogens with one attached hydrogen (secondary N) is 2. The molecule has 0 fully saturated rings. The summed E-state index contributed by atoms with van der Waals surface area (Å²) >= 11 is 1.39. The zero-order chi connectivity index (χ0) is 17.6. The van der Waals surface area contributed by atoms with E-state index in [2.05, 4.69) is 15.6 Å². The molecular weight excluding hydrogens is 342 g/mol. The van der Waals surface area contributed by atoms with Gasteiger partial charge in [0.1, 0.15) is 6.61 Å². The Bertz CT molecular complexity index is 762. The van der Waals surface area contributed by atoms with E-state index in [1.807, 2.05) is 24.4 Å². The van der Waals surface area contributed by atoms with Crippen LogP contribution in [-0.2, 0) is 9.59 Å². The van der Waals surface area contributed by atoms with Crippen LogP contribution in [0.1, 0.15) is 18.5 Å². The van der Waals surface area contributed by atoms with Gasteiger partial charge in [-0.15, -0.1) is 11.3 Å². The quantitative estimate of drug-likeness (QED) is 0.770. The lowest BCUT2D eigenvalue weighted by Crippen LogP contribution is -2.44. The van der Waals surface area contributed by atoms with Crippen LogP contribution < -0.4 is 20.1 Å². The Balaban J connectivity index is 1.36. The molecule has 1 aliphatic heterocycles. The van der Waals surface area contributed by atoms with Crippen molar-refractivity contribution in [2.45, 2.75) is 25.9 Å². The molecule has 1 aliphatic rings. The summed E-state index contributed by atoms with van der Waals surface area (Å²) in [5, 5.41) is 7.98. The Morgan fingerprint density at radius 2 is 2.12 bits per heavy atom. The zero-order valence-corrected chi connectivity index (χ0v) is 14.6. The third kappa shape index (κ3) is 4.69. The van der Waals surface area contributed by atoms with Gasteiger partial charge in [-0.1, -0.05) is 12.1 Å². The van der Waals surface area contributed by atoms with Crippen molar-refractivity contribution in [2.24, 2.45) is 0 Å². The van der Waals surface area contributed by atoms with Crippen LogP contribution in [0, 0.1) is 6.92 Å². The van der Waals surface area contributed by atoms with E-state index >= 15 is 0 Å². The first kappa shape index (κ1) is 17.2. The fourth-order valence-electron chi connectivity index (χ4n) is 2.32. The Hall–Kier alpha value is -2.61. The predicted molar refractivity (Wildman–Crippen MR) is 94.1 cm³/mol. The van der Waals surface area contributed by atoms with E-state index < -0.39 is 6.10 Å². The summed E-state index contributed by atoms with van der Waals surface area (Å²) in [4.78, 5) is 28.1. The van der Waals surface area contributed by atoms with Gasteiger partial charge < -0.3 is 20.1 Å². The monoisotopic (exact) mass is 361 g/mol. The molecular formula is C17H19N3O4S. The lowest BCUT2D eigenvalue weighted by atomic mass is 10.2. The number of hydrogen-bond donors (Lipinski definition) is 2. The van der Waals surface area contributed by atoms with Gasteiger partial charge in [-0.05, 0) is 25.5 Å². The molecule has 1 aromatic heterocycles. The first-order valence-electron chi connectivity index (χ1n) is 8.00. The van der Waals surface area contributed by atoms with Crippen LogP contribution in [0.4, 0.5) is 5.13 Å². The number of carbonyl (C=O) groups is 2. The molecule has 25 heavy (non-hydrogen) atoms. The molecule has 0 saturated carbocycles. The number of aryl methyl sites for hydroxylation is 1. The normalized spacial score (nSPS) is 15.5. The van der Waals surface area contributed by atoms with E-state index in [1.165, 1.54) is 11.3 Å². The van der Waals surface area contributed by atoms with E-state index in [0.717, 1.165) is 5.69 Å². The van der Waals surface area contributed by atoms with E-state index in [1.54, 1.807) is 12.1 Å². The number of ether oxygens (including phenoxy) is 2. The fraction of sp³-hybridized carbons (Fsp3) is 0.353. The summed E-state index contributed by atoms with van der Waals surface area (Å²) in [6, 6.07) is 7.23. The fourth-order valence-corrected chi connectivity index (χ4v) is 3.02. The number of rotatable bonds is 6. The van der Waals surface area contributed by atoms with E-state index in [0.29, 0.717) is 36.0 Å². The second-order valence-corrected chi connectivity index (χ2v) is 6.46. The molecule has 0 saturated heterocycles. The minimum atomic E-state index is -0.679. The molecule has 7 nitrogen and oxygen atoms in total. The maximum absolute atomic E-state index is 12.1. The van der Waals surface area contributed by atoms with Crippen LogP contribution in [0.2, 0.25) is 0 Å². The molecule has 2 N–H and O–H groups in total. The maximum Gasteiger partial charge on any atom is 0.264 e. The highest BCUT2D eigenvalue weighted by Gasteiger charge is 2.26. The van der Waals surface area contributed by atoms with Crippen molar-refractivity contribution in [3.05, 3.63) is 35.3 Å². The first-order valence-corrected chi connectivity index (χ1v) is 8.88. The van der Waals surface area contributed by atoms with E-state index in [9.17, 15) is 9.59 Å². The molecule has 0 radical (unpaired) electrons. The van der Waals surface area contributed by atoms with Crippen LogP contribution in [-0.4, -0.2) is 36.1 Å². The Kier molecular flexibility index (Phi) is 5.49. The van der Waals surface area contributed by atoms with Gasteiger partial charge in [0.05, 0.1) is 5.69 Å². The van der Waals surface area contributed by atoms with Gasteiger partial charge in [-0.3, -0.25) is 9.59 Å². The SMILES string of the molecule is Cc1csc(NC(=O)CCCNC(=O)[C@@H]2COc3ccccc3O2)n1. The first-order chi connectivity index (χ1) is 12.1. The number of hydrogen-bond acceptors (Lipinski definition) is 6. The molecule has 2 amide bonds. The summed E-state index contributed by atoms with van der Waals surface area (Å²) < 4.78 is 11.1. The maximum atomic E-state index is 12.1. The molecule has 8 heteroatoms. The van der Waals surface area contributed by atoms with Crippen molar-refractivity contribution < 1.29 is 19.1 Å². The minimum absolute atomic E-state index is 0.116. The largest absolute Gasteiger partial charge is 0.485 e. The van der Waals surface area contributed by atoms with Gasteiger partial charge in [-0.25, -0.2) is 4.98 Å². The van der Waals surface area contributed by atoms with Crippen molar-refractivity contribution in [3.63, 3.8) is 0 Å². The van der Waals surface area contributed by atoms with Gasteiger partial charge in [0.25, 0.3) is 5.91 Å². The Morgan fingerprint density at radius 3 is 2.88 bits per heavy atom. The second kappa shape index (κ2) is 7.98. The highest BCUT2D eigenvalue weighted by Crippen LogP contribution is 2.30. The van der Waals surface area contributed by atoms with Crippen LogP contribution >= 0.6 is 11.3 Å². The number of anilines is 1. The molecule has 0 unspecified atom stereocenters. The third-order valence-corrected chi connectivity index (χ3v) is 4.42. The van der Waals surface area contributed by atoms with Crippen molar-refractivity contribution in [1.29, 1.82) is 0 Å².